The van der Waals surface area contributed by atoms with Crippen molar-refractivity contribution in [2.75, 3.05) is 17.7 Å². The molecule has 3 aromatic rings. The van der Waals surface area contributed by atoms with Gasteiger partial charge in [-0.1, -0.05) is 0 Å². The SMILES string of the molecule is CNC(=O)c1cnc(Nc2ccc3ncsc3c2)cc1NC1CCC(O)CC1. The van der Waals surface area contributed by atoms with E-state index in [1.54, 1.807) is 24.6 Å². The van der Waals surface area contributed by atoms with Crippen molar-refractivity contribution in [2.45, 2.75) is 37.8 Å². The molecule has 1 aromatic carbocycles. The molecule has 7 nitrogen and oxygen atoms in total. The maximum absolute atomic E-state index is 12.3. The number of amides is 1. The smallest absolute Gasteiger partial charge is 0.254 e. The van der Waals surface area contributed by atoms with Crippen LogP contribution in [0.4, 0.5) is 17.2 Å². The number of aliphatic hydroxyl groups is 1. The summed E-state index contributed by atoms with van der Waals surface area (Å²) in [5.74, 6) is 0.485. The average Bonchev–Trinajstić information content (AvgIpc) is 3.17. The van der Waals surface area contributed by atoms with Gasteiger partial charge in [0, 0.05) is 31.0 Å². The Bertz CT molecular complexity index is 982. The summed E-state index contributed by atoms with van der Waals surface area (Å²) in [4.78, 5) is 21.0. The van der Waals surface area contributed by atoms with Gasteiger partial charge < -0.3 is 21.1 Å². The number of nitrogens with one attached hydrogen (secondary N) is 3. The maximum Gasteiger partial charge on any atom is 0.254 e. The van der Waals surface area contributed by atoms with Gasteiger partial charge >= 0.3 is 0 Å². The van der Waals surface area contributed by atoms with Gasteiger partial charge in [-0.05, 0) is 43.9 Å². The Kier molecular flexibility index (Phi) is 5.40. The first kappa shape index (κ1) is 18.6. The molecule has 2 heterocycles. The van der Waals surface area contributed by atoms with Crippen LogP contribution < -0.4 is 16.0 Å². The van der Waals surface area contributed by atoms with E-state index in [0.717, 1.165) is 47.3 Å². The van der Waals surface area contributed by atoms with Crippen LogP contribution in [0.15, 0.2) is 36.0 Å². The molecule has 0 atom stereocenters. The molecule has 1 fully saturated rings. The largest absolute Gasteiger partial charge is 0.393 e. The van der Waals surface area contributed by atoms with Gasteiger partial charge in [0.25, 0.3) is 5.91 Å². The van der Waals surface area contributed by atoms with Crippen molar-refractivity contribution >= 4 is 44.7 Å². The zero-order valence-electron chi connectivity index (χ0n) is 15.6. The van der Waals surface area contributed by atoms with Crippen LogP contribution in [0.1, 0.15) is 36.0 Å². The fourth-order valence-electron chi connectivity index (χ4n) is 3.48. The number of carbonyl (C=O) groups is 1. The standard InChI is InChI=1S/C20H23N5O2S/c1-21-20(27)15-10-22-19(9-17(15)24-12-2-5-14(26)6-3-12)25-13-4-7-16-18(8-13)28-11-23-16/h4,7-12,14,26H,2-3,5-6H2,1H3,(H,21,27)(H2,22,24,25). The van der Waals surface area contributed by atoms with Gasteiger partial charge in [0.2, 0.25) is 0 Å². The number of benzene rings is 1. The van der Waals surface area contributed by atoms with Crippen LogP contribution in [0.25, 0.3) is 10.2 Å². The first-order valence-electron chi connectivity index (χ1n) is 9.39. The molecular weight excluding hydrogens is 374 g/mol. The lowest BCUT2D eigenvalue weighted by Gasteiger charge is -2.28. The maximum atomic E-state index is 12.3. The highest BCUT2D eigenvalue weighted by atomic mass is 32.1. The number of pyridine rings is 1. The second-order valence-electron chi connectivity index (χ2n) is 7.00. The van der Waals surface area contributed by atoms with Crippen molar-refractivity contribution in [2.24, 2.45) is 0 Å². The van der Waals surface area contributed by atoms with Crippen LogP contribution in [-0.2, 0) is 0 Å². The van der Waals surface area contributed by atoms with E-state index in [1.807, 2.05) is 29.8 Å². The number of thiazole rings is 1. The molecule has 1 aliphatic rings. The van der Waals surface area contributed by atoms with Crippen LogP contribution in [-0.4, -0.2) is 40.2 Å². The lowest BCUT2D eigenvalue weighted by atomic mass is 9.93. The first-order valence-corrected chi connectivity index (χ1v) is 10.3. The predicted octanol–water partition coefficient (Wildman–Crippen LogP) is 3.51. The van der Waals surface area contributed by atoms with Crippen LogP contribution in [0.5, 0.6) is 0 Å². The number of aromatic nitrogens is 2. The third-order valence-corrected chi connectivity index (χ3v) is 5.83. The van der Waals surface area contributed by atoms with E-state index >= 15 is 0 Å². The van der Waals surface area contributed by atoms with E-state index in [-0.39, 0.29) is 18.1 Å². The Labute approximate surface area is 167 Å². The minimum absolute atomic E-state index is 0.177. The van der Waals surface area contributed by atoms with E-state index in [0.29, 0.717) is 11.4 Å². The molecule has 2 aromatic heterocycles. The summed E-state index contributed by atoms with van der Waals surface area (Å²) in [7, 11) is 1.61. The molecule has 28 heavy (non-hydrogen) atoms. The number of fused-ring (bicyclic) bond motifs is 1. The van der Waals surface area contributed by atoms with Crippen molar-refractivity contribution in [1.29, 1.82) is 0 Å². The molecule has 0 radical (unpaired) electrons. The second-order valence-corrected chi connectivity index (χ2v) is 7.89. The van der Waals surface area contributed by atoms with E-state index in [4.69, 9.17) is 0 Å². The summed E-state index contributed by atoms with van der Waals surface area (Å²) < 4.78 is 1.10. The van der Waals surface area contributed by atoms with E-state index in [2.05, 4.69) is 25.9 Å². The number of rotatable bonds is 5. The van der Waals surface area contributed by atoms with Gasteiger partial charge in [0.1, 0.15) is 5.82 Å². The van der Waals surface area contributed by atoms with E-state index < -0.39 is 0 Å². The Morgan fingerprint density at radius 1 is 1.18 bits per heavy atom. The molecule has 1 amide bonds. The van der Waals surface area contributed by atoms with Crippen LogP contribution in [0, 0.1) is 0 Å². The highest BCUT2D eigenvalue weighted by Gasteiger charge is 2.21. The summed E-state index contributed by atoms with van der Waals surface area (Å²) >= 11 is 1.59. The van der Waals surface area contributed by atoms with Gasteiger partial charge in [-0.2, -0.15) is 0 Å². The molecule has 0 bridgehead atoms. The number of hydrogen-bond donors (Lipinski definition) is 4. The summed E-state index contributed by atoms with van der Waals surface area (Å²) in [6.07, 6.45) is 4.68. The van der Waals surface area contributed by atoms with Gasteiger partial charge in [-0.15, -0.1) is 11.3 Å². The van der Waals surface area contributed by atoms with Crippen LogP contribution in [0.3, 0.4) is 0 Å². The molecule has 8 heteroatoms. The van der Waals surface area contributed by atoms with Crippen LogP contribution >= 0.6 is 11.3 Å². The lowest BCUT2D eigenvalue weighted by Crippen LogP contribution is -2.29. The van der Waals surface area contributed by atoms with E-state index in [1.165, 1.54) is 0 Å². The number of carbonyl (C=O) groups excluding carboxylic acids is 1. The molecule has 146 valence electrons. The Hall–Kier alpha value is -2.71. The van der Waals surface area contributed by atoms with Gasteiger partial charge in [0.15, 0.2) is 0 Å². The predicted molar refractivity (Wildman–Crippen MR) is 112 cm³/mol. The monoisotopic (exact) mass is 397 g/mol. The molecule has 4 rings (SSSR count). The van der Waals surface area contributed by atoms with Crippen molar-refractivity contribution in [3.8, 4) is 0 Å². The van der Waals surface area contributed by atoms with Crippen molar-refractivity contribution < 1.29 is 9.90 Å². The number of anilines is 3. The van der Waals surface area contributed by atoms with Crippen LogP contribution in [0.2, 0.25) is 0 Å². The zero-order valence-corrected chi connectivity index (χ0v) is 16.4. The molecule has 0 aliphatic heterocycles. The fraction of sp³-hybridized carbons (Fsp3) is 0.350. The number of nitrogens with zero attached hydrogens (tertiary/aromatic N) is 2. The molecular formula is C20H23N5O2S. The Morgan fingerprint density at radius 3 is 2.79 bits per heavy atom. The summed E-state index contributed by atoms with van der Waals surface area (Å²) in [6, 6.07) is 8.07. The van der Waals surface area contributed by atoms with E-state index in [9.17, 15) is 9.90 Å². The van der Waals surface area contributed by atoms with Crippen molar-refractivity contribution in [3.63, 3.8) is 0 Å². The minimum atomic E-state index is -0.215. The van der Waals surface area contributed by atoms with Crippen molar-refractivity contribution in [1.82, 2.24) is 15.3 Å². The third kappa shape index (κ3) is 4.07. The third-order valence-electron chi connectivity index (χ3n) is 5.04. The summed E-state index contributed by atoms with van der Waals surface area (Å²) in [5, 5.41) is 19.2. The second kappa shape index (κ2) is 8.12. The summed E-state index contributed by atoms with van der Waals surface area (Å²) in [5.41, 5.74) is 4.98. The molecule has 0 spiro atoms. The quantitative estimate of drug-likeness (QED) is 0.526. The molecule has 0 saturated heterocycles. The Morgan fingerprint density at radius 2 is 2.00 bits per heavy atom. The zero-order chi connectivity index (χ0) is 19.5. The average molecular weight is 398 g/mol. The lowest BCUT2D eigenvalue weighted by molar-refractivity contribution is 0.0963. The molecule has 0 unspecified atom stereocenters. The highest BCUT2D eigenvalue weighted by molar-refractivity contribution is 7.16. The molecule has 1 saturated carbocycles. The molecule has 1 aliphatic carbocycles. The number of aliphatic hydroxyl groups excluding tert-OH is 1. The Balaban J connectivity index is 1.58. The normalized spacial score (nSPS) is 19.4. The highest BCUT2D eigenvalue weighted by Crippen LogP contribution is 2.28. The fourth-order valence-corrected chi connectivity index (χ4v) is 4.20. The van der Waals surface area contributed by atoms with Crippen molar-refractivity contribution in [3.05, 3.63) is 41.5 Å². The summed E-state index contributed by atoms with van der Waals surface area (Å²) in [6.45, 7) is 0. The van der Waals surface area contributed by atoms with Gasteiger partial charge in [0.05, 0.1) is 33.1 Å². The minimum Gasteiger partial charge on any atom is -0.393 e. The topological polar surface area (TPSA) is 99.2 Å². The first-order chi connectivity index (χ1) is 13.6. The van der Waals surface area contributed by atoms with Gasteiger partial charge in [-0.25, -0.2) is 9.97 Å². The number of hydrogen-bond acceptors (Lipinski definition) is 7. The van der Waals surface area contributed by atoms with Gasteiger partial charge in [-0.3, -0.25) is 4.79 Å². The molecule has 4 N–H and O–H groups in total.